The van der Waals surface area contributed by atoms with E-state index in [4.69, 9.17) is 0 Å². The zero-order valence-electron chi connectivity index (χ0n) is 12.8. The molecular weight excluding hydrogens is 244 g/mol. The normalized spacial score (nSPS) is 10.7. The van der Waals surface area contributed by atoms with Gasteiger partial charge in [0.05, 0.1) is 0 Å². The van der Waals surface area contributed by atoms with E-state index in [1.165, 1.54) is 36.8 Å². The smallest absolute Gasteiger partial charge is 0.169 e. The van der Waals surface area contributed by atoms with Gasteiger partial charge in [0.15, 0.2) is 24.8 Å². The van der Waals surface area contributed by atoms with Crippen LogP contribution in [0.5, 0.6) is 0 Å². The first kappa shape index (κ1) is 14.7. The zero-order chi connectivity index (χ0) is 14.2. The Kier molecular flexibility index (Phi) is 5.72. The van der Waals surface area contributed by atoms with Gasteiger partial charge in [-0.25, -0.2) is 9.13 Å². The van der Waals surface area contributed by atoms with Crippen LogP contribution in [0.4, 0.5) is 0 Å². The molecule has 106 valence electrons. The second-order valence-electron chi connectivity index (χ2n) is 5.36. The minimum atomic E-state index is 1.11. The molecule has 0 saturated carbocycles. The highest BCUT2D eigenvalue weighted by molar-refractivity contribution is 5.60. The van der Waals surface area contributed by atoms with Crippen molar-refractivity contribution < 1.29 is 9.13 Å². The predicted octanol–water partition coefficient (Wildman–Crippen LogP) is 3.53. The Labute approximate surface area is 122 Å². The second-order valence-corrected chi connectivity index (χ2v) is 5.36. The molecule has 20 heavy (non-hydrogen) atoms. The first-order valence-corrected chi connectivity index (χ1v) is 7.82. The summed E-state index contributed by atoms with van der Waals surface area (Å²) >= 11 is 0. The SMILES string of the molecule is CCCC[n+]1ccc(-c2cc[n+](CCCC)cc2)cc1. The maximum Gasteiger partial charge on any atom is 0.169 e. The Bertz CT molecular complexity index is 450. The average Bonchev–Trinajstić information content (AvgIpc) is 2.52. The van der Waals surface area contributed by atoms with Crippen LogP contribution in [0, 0.1) is 0 Å². The minimum absolute atomic E-state index is 1.11. The number of pyridine rings is 2. The van der Waals surface area contributed by atoms with Crippen LogP contribution >= 0.6 is 0 Å². The van der Waals surface area contributed by atoms with Crippen molar-refractivity contribution in [2.45, 2.75) is 52.6 Å². The lowest BCUT2D eigenvalue weighted by atomic mass is 10.1. The van der Waals surface area contributed by atoms with E-state index in [1.54, 1.807) is 0 Å². The minimum Gasteiger partial charge on any atom is -0.205 e. The molecule has 0 aliphatic carbocycles. The van der Waals surface area contributed by atoms with E-state index in [0.717, 1.165) is 13.1 Å². The number of rotatable bonds is 7. The van der Waals surface area contributed by atoms with Crippen molar-refractivity contribution in [1.82, 2.24) is 0 Å². The Hall–Kier alpha value is -1.70. The van der Waals surface area contributed by atoms with Gasteiger partial charge in [0, 0.05) is 37.1 Å². The summed E-state index contributed by atoms with van der Waals surface area (Å²) in [6.45, 7) is 6.69. The average molecular weight is 270 g/mol. The highest BCUT2D eigenvalue weighted by atomic mass is 14.9. The van der Waals surface area contributed by atoms with Crippen molar-refractivity contribution in [2.75, 3.05) is 0 Å². The highest BCUT2D eigenvalue weighted by Gasteiger charge is 2.05. The third-order valence-electron chi connectivity index (χ3n) is 3.66. The fourth-order valence-corrected chi connectivity index (χ4v) is 2.28. The lowest BCUT2D eigenvalue weighted by Gasteiger charge is -2.01. The molecule has 0 N–H and O–H groups in total. The molecule has 0 spiro atoms. The van der Waals surface area contributed by atoms with E-state index < -0.39 is 0 Å². The standard InChI is InChI=1S/C18H26N2/c1-3-5-11-19-13-7-17(8-14-19)18-9-15-20(16-10-18)12-6-4-2/h7-10,13-16H,3-6,11-12H2,1-2H3/q+2. The molecule has 2 nitrogen and oxygen atoms in total. The van der Waals surface area contributed by atoms with E-state index in [1.807, 2.05) is 0 Å². The van der Waals surface area contributed by atoms with Gasteiger partial charge in [-0.1, -0.05) is 26.7 Å². The van der Waals surface area contributed by atoms with E-state index in [0.29, 0.717) is 0 Å². The van der Waals surface area contributed by atoms with Crippen molar-refractivity contribution in [2.24, 2.45) is 0 Å². The predicted molar refractivity (Wildman–Crippen MR) is 82.1 cm³/mol. The zero-order valence-corrected chi connectivity index (χ0v) is 12.8. The van der Waals surface area contributed by atoms with Crippen LogP contribution in [-0.4, -0.2) is 0 Å². The number of nitrogens with zero attached hydrogens (tertiary/aromatic N) is 2. The molecule has 0 fully saturated rings. The molecule has 0 atom stereocenters. The number of aryl methyl sites for hydroxylation is 2. The molecule has 0 unspecified atom stereocenters. The molecule has 2 aromatic heterocycles. The largest absolute Gasteiger partial charge is 0.205 e. The molecule has 2 rings (SSSR count). The summed E-state index contributed by atoms with van der Waals surface area (Å²) in [5.41, 5.74) is 2.58. The summed E-state index contributed by atoms with van der Waals surface area (Å²) in [5, 5.41) is 0. The Morgan fingerprint density at radius 3 is 1.30 bits per heavy atom. The summed E-state index contributed by atoms with van der Waals surface area (Å²) in [6, 6.07) is 8.84. The molecule has 2 aromatic rings. The van der Waals surface area contributed by atoms with Crippen molar-refractivity contribution >= 4 is 0 Å². The van der Waals surface area contributed by atoms with Gasteiger partial charge in [-0.3, -0.25) is 0 Å². The van der Waals surface area contributed by atoms with Crippen molar-refractivity contribution in [3.63, 3.8) is 0 Å². The maximum atomic E-state index is 2.26. The van der Waals surface area contributed by atoms with E-state index >= 15 is 0 Å². The van der Waals surface area contributed by atoms with E-state index in [9.17, 15) is 0 Å². The molecule has 0 saturated heterocycles. The fourth-order valence-electron chi connectivity index (χ4n) is 2.28. The molecule has 0 aliphatic rings. The topological polar surface area (TPSA) is 7.76 Å². The van der Waals surface area contributed by atoms with E-state index in [-0.39, 0.29) is 0 Å². The molecule has 0 aromatic carbocycles. The Balaban J connectivity index is 2.03. The van der Waals surface area contributed by atoms with Crippen LogP contribution in [0.15, 0.2) is 49.1 Å². The van der Waals surface area contributed by atoms with E-state index in [2.05, 4.69) is 72.0 Å². The van der Waals surface area contributed by atoms with Crippen molar-refractivity contribution in [3.05, 3.63) is 49.1 Å². The molecule has 0 aliphatic heterocycles. The third-order valence-corrected chi connectivity index (χ3v) is 3.66. The number of hydrogen-bond donors (Lipinski definition) is 0. The second kappa shape index (κ2) is 7.78. The van der Waals surface area contributed by atoms with Crippen LogP contribution in [0.1, 0.15) is 39.5 Å². The highest BCUT2D eigenvalue weighted by Crippen LogP contribution is 2.15. The number of aromatic nitrogens is 2. The summed E-state index contributed by atoms with van der Waals surface area (Å²) in [6.07, 6.45) is 13.7. The van der Waals surface area contributed by atoms with Gasteiger partial charge in [-0.15, -0.1) is 0 Å². The van der Waals surface area contributed by atoms with Crippen molar-refractivity contribution in [3.8, 4) is 11.1 Å². The lowest BCUT2D eigenvalue weighted by molar-refractivity contribution is -0.697. The Morgan fingerprint density at radius 2 is 1.00 bits per heavy atom. The third kappa shape index (κ3) is 4.16. The lowest BCUT2D eigenvalue weighted by Crippen LogP contribution is -2.32. The first-order chi connectivity index (χ1) is 9.83. The molecule has 0 bridgehead atoms. The molecule has 2 heteroatoms. The molecule has 2 heterocycles. The van der Waals surface area contributed by atoms with Crippen LogP contribution in [-0.2, 0) is 13.1 Å². The number of unbranched alkanes of at least 4 members (excludes halogenated alkanes) is 2. The number of hydrogen-bond acceptors (Lipinski definition) is 0. The first-order valence-electron chi connectivity index (χ1n) is 7.82. The fraction of sp³-hybridized carbons (Fsp3) is 0.444. The summed E-state index contributed by atoms with van der Waals surface area (Å²) in [5.74, 6) is 0. The monoisotopic (exact) mass is 270 g/mol. The molecule has 0 amide bonds. The molecular formula is C18H26N2+2. The molecule has 0 radical (unpaired) electrons. The summed E-state index contributed by atoms with van der Waals surface area (Å²) < 4.78 is 4.52. The van der Waals surface area contributed by atoms with Crippen LogP contribution < -0.4 is 9.13 Å². The summed E-state index contributed by atoms with van der Waals surface area (Å²) in [4.78, 5) is 0. The van der Waals surface area contributed by atoms with Crippen LogP contribution in [0.2, 0.25) is 0 Å². The van der Waals surface area contributed by atoms with Crippen LogP contribution in [0.25, 0.3) is 11.1 Å². The summed E-state index contributed by atoms with van der Waals surface area (Å²) in [7, 11) is 0. The van der Waals surface area contributed by atoms with Gasteiger partial charge in [-0.05, 0) is 11.1 Å². The van der Waals surface area contributed by atoms with Gasteiger partial charge in [0.2, 0.25) is 0 Å². The maximum absolute atomic E-state index is 2.26. The van der Waals surface area contributed by atoms with Crippen molar-refractivity contribution in [1.29, 1.82) is 0 Å². The van der Waals surface area contributed by atoms with Gasteiger partial charge < -0.3 is 0 Å². The van der Waals surface area contributed by atoms with Gasteiger partial charge in [-0.2, -0.15) is 0 Å². The van der Waals surface area contributed by atoms with Gasteiger partial charge in [0.25, 0.3) is 0 Å². The quantitative estimate of drug-likeness (QED) is 0.680. The Morgan fingerprint density at radius 1 is 0.650 bits per heavy atom. The van der Waals surface area contributed by atoms with Gasteiger partial charge in [0.1, 0.15) is 13.1 Å². The van der Waals surface area contributed by atoms with Crippen LogP contribution in [0.3, 0.4) is 0 Å². The van der Waals surface area contributed by atoms with Gasteiger partial charge >= 0.3 is 0 Å².